The highest BCUT2D eigenvalue weighted by atomic mass is 127. The van der Waals surface area contributed by atoms with Crippen molar-refractivity contribution in [2.24, 2.45) is 10.8 Å². The number of hydrogen-bond acceptors (Lipinski definition) is 3. The molecule has 40 valence electrons. The number of nitrogens with one attached hydrogen (secondary N) is 1. The summed E-state index contributed by atoms with van der Waals surface area (Å²) < 4.78 is 1.10. The third kappa shape index (κ3) is 3.21. The quantitative estimate of drug-likeness (QED) is 0.433. The molecule has 0 aliphatic heterocycles. The van der Waals surface area contributed by atoms with Crippen molar-refractivity contribution in [2.75, 3.05) is 0 Å². The molecule has 0 aliphatic carbocycles. The molecule has 0 spiro atoms. The van der Waals surface area contributed by atoms with Crippen molar-refractivity contribution in [2.45, 2.75) is 0 Å². The van der Waals surface area contributed by atoms with Crippen LogP contribution in [0.15, 0.2) is 12.5 Å². The van der Waals surface area contributed by atoms with Crippen molar-refractivity contribution >= 4 is 45.2 Å². The molecule has 7 heavy (non-hydrogen) atoms. The van der Waals surface area contributed by atoms with Crippen molar-refractivity contribution in [1.29, 1.82) is 5.53 Å². The fourth-order valence-electron chi connectivity index (χ4n) is 0.0534. The highest BCUT2D eigenvalue weighted by molar-refractivity contribution is 14.1. The van der Waals surface area contributed by atoms with Gasteiger partial charge in [-0.2, -0.15) is 0 Å². The van der Waals surface area contributed by atoms with E-state index in [2.05, 4.69) is 5.11 Å². The molecule has 0 amide bonds. The normalized spacial score (nSPS) is 12.9. The lowest BCUT2D eigenvalue weighted by molar-refractivity contribution is 1.13. The summed E-state index contributed by atoms with van der Waals surface area (Å²) in [6.45, 7) is 0. The van der Waals surface area contributed by atoms with E-state index < -0.39 is 0 Å². The van der Waals surface area contributed by atoms with Crippen LogP contribution >= 0.6 is 45.2 Å². The number of nitrogens with zero attached hydrogens (tertiary/aromatic N) is 1. The van der Waals surface area contributed by atoms with Crippen molar-refractivity contribution in [1.82, 2.24) is 0 Å². The van der Waals surface area contributed by atoms with E-state index in [4.69, 9.17) is 11.3 Å². The lowest BCUT2D eigenvalue weighted by Gasteiger charge is -1.84. The van der Waals surface area contributed by atoms with Gasteiger partial charge in [0, 0.05) is 0 Å². The summed E-state index contributed by atoms with van der Waals surface area (Å²) >= 11 is 3.79. The van der Waals surface area contributed by atoms with E-state index in [1.807, 2.05) is 45.2 Å². The molecular weight excluding hydrogens is 320 g/mol. The topological polar surface area (TPSA) is 62.2 Å². The Morgan fingerprint density at radius 1 is 1.57 bits per heavy atom. The van der Waals surface area contributed by atoms with Crippen molar-refractivity contribution in [3.63, 3.8) is 0 Å². The van der Waals surface area contributed by atoms with E-state index in [9.17, 15) is 0 Å². The summed E-state index contributed by atoms with van der Waals surface area (Å²) in [5.74, 6) is 0. The van der Waals surface area contributed by atoms with Crippen LogP contribution in [0, 0.1) is 5.53 Å². The van der Waals surface area contributed by atoms with Crippen molar-refractivity contribution in [3.05, 3.63) is 7.41 Å². The minimum absolute atomic E-state index is 0.540. The fraction of sp³-hybridized carbons (Fsp3) is 0. The molecule has 0 aromatic carbocycles. The average Bonchev–Trinajstić information content (AvgIpc) is 1.65. The van der Waals surface area contributed by atoms with Gasteiger partial charge in [0.05, 0.1) is 0 Å². The van der Waals surface area contributed by atoms with Crippen LogP contribution in [0.1, 0.15) is 0 Å². The van der Waals surface area contributed by atoms with Crippen LogP contribution in [-0.4, -0.2) is 0 Å². The highest BCUT2D eigenvalue weighted by Gasteiger charge is 1.87. The zero-order chi connectivity index (χ0) is 5.86. The van der Waals surface area contributed by atoms with Gasteiger partial charge in [0.15, 0.2) is 3.70 Å². The summed E-state index contributed by atoms with van der Waals surface area (Å²) in [5, 5.41) is 3.07. The van der Waals surface area contributed by atoms with E-state index in [-0.39, 0.29) is 0 Å². The number of halogens is 2. The van der Waals surface area contributed by atoms with Gasteiger partial charge in [-0.25, -0.2) is 5.53 Å². The molecule has 3 N–H and O–H groups in total. The first-order chi connectivity index (χ1) is 3.18. The largest absolute Gasteiger partial charge is 0.392 e. The predicted octanol–water partition coefficient (Wildman–Crippen LogP) is 1.97. The summed E-state index contributed by atoms with van der Waals surface area (Å²) in [6.07, 6.45) is 0. The predicted molar refractivity (Wildman–Crippen MR) is 44.4 cm³/mol. The van der Waals surface area contributed by atoms with Gasteiger partial charge < -0.3 is 5.73 Å². The molecule has 0 heterocycles. The molecule has 3 nitrogen and oxygen atoms in total. The van der Waals surface area contributed by atoms with Crippen molar-refractivity contribution in [3.8, 4) is 0 Å². The minimum Gasteiger partial charge on any atom is -0.392 e. The third-order valence-corrected chi connectivity index (χ3v) is 2.66. The van der Waals surface area contributed by atoms with Crippen LogP contribution in [0.25, 0.3) is 0 Å². The average molecular weight is 323 g/mol. The summed E-state index contributed by atoms with van der Waals surface area (Å²) in [6, 6.07) is 0. The monoisotopic (exact) mass is 323 g/mol. The van der Waals surface area contributed by atoms with Gasteiger partial charge in [-0.1, -0.05) is 0 Å². The first-order valence-corrected chi connectivity index (χ1v) is 3.52. The van der Waals surface area contributed by atoms with E-state index in [1.54, 1.807) is 0 Å². The Hall–Kier alpha value is 0.600. The first-order valence-electron chi connectivity index (χ1n) is 1.36. The maximum Gasteiger partial charge on any atom is 0.152 e. The van der Waals surface area contributed by atoms with Crippen LogP contribution in [0.3, 0.4) is 0 Å². The van der Waals surface area contributed by atoms with Gasteiger partial charge in [-0.15, -0.1) is 5.11 Å². The van der Waals surface area contributed by atoms with Gasteiger partial charge in [0.25, 0.3) is 0 Å². The molecule has 0 atom stereocenters. The van der Waals surface area contributed by atoms with Crippen LogP contribution < -0.4 is 5.73 Å². The van der Waals surface area contributed by atoms with Gasteiger partial charge in [-0.3, -0.25) is 0 Å². The smallest absolute Gasteiger partial charge is 0.152 e. The molecular formula is C2H3I2N3. The Morgan fingerprint density at radius 3 is 2.00 bits per heavy atom. The Balaban J connectivity index is 3.98. The second-order valence-electron chi connectivity index (χ2n) is 0.751. The van der Waals surface area contributed by atoms with Crippen LogP contribution in [0.4, 0.5) is 0 Å². The molecule has 0 bridgehead atoms. The van der Waals surface area contributed by atoms with Crippen LogP contribution in [-0.2, 0) is 0 Å². The lowest BCUT2D eigenvalue weighted by Crippen LogP contribution is -1.86. The van der Waals surface area contributed by atoms with E-state index >= 15 is 0 Å². The van der Waals surface area contributed by atoms with Gasteiger partial charge in [0.1, 0.15) is 3.70 Å². The van der Waals surface area contributed by atoms with Gasteiger partial charge in [-0.05, 0) is 45.2 Å². The summed E-state index contributed by atoms with van der Waals surface area (Å²) in [7, 11) is 0. The van der Waals surface area contributed by atoms with Gasteiger partial charge in [0.2, 0.25) is 0 Å². The van der Waals surface area contributed by atoms with E-state index in [1.165, 1.54) is 0 Å². The second-order valence-corrected chi connectivity index (χ2v) is 2.93. The van der Waals surface area contributed by atoms with Crippen LogP contribution in [0.2, 0.25) is 0 Å². The number of rotatable bonds is 1. The SMILES string of the molecule is N=N/C(I)=C(\N)I. The molecule has 0 aromatic heterocycles. The van der Waals surface area contributed by atoms with Gasteiger partial charge >= 0.3 is 0 Å². The fourth-order valence-corrected chi connectivity index (χ4v) is 0.174. The van der Waals surface area contributed by atoms with Crippen LogP contribution in [0.5, 0.6) is 0 Å². The molecule has 0 aromatic rings. The lowest BCUT2D eigenvalue weighted by atomic mass is 11.0. The number of nitrogens with two attached hydrogens (primary N) is 1. The maximum absolute atomic E-state index is 6.41. The Kier molecular flexibility index (Phi) is 3.89. The summed E-state index contributed by atoms with van der Waals surface area (Å²) in [5.41, 5.74) is 11.6. The zero-order valence-electron chi connectivity index (χ0n) is 3.28. The minimum atomic E-state index is 0.540. The summed E-state index contributed by atoms with van der Waals surface area (Å²) in [4.78, 5) is 0. The first kappa shape index (κ1) is 7.60. The zero-order valence-corrected chi connectivity index (χ0v) is 7.60. The molecule has 0 aliphatic rings. The third-order valence-electron chi connectivity index (χ3n) is 0.295. The molecule has 0 radical (unpaired) electrons. The number of hydrogen-bond donors (Lipinski definition) is 2. The van der Waals surface area contributed by atoms with Crippen molar-refractivity contribution < 1.29 is 0 Å². The molecule has 0 fully saturated rings. The Morgan fingerprint density at radius 2 is 2.00 bits per heavy atom. The standard InChI is InChI=1S/C2H3I2N3/c3-1(5)2(4)7-6/h6H,5H2/b2-1-,7-6?. The van der Waals surface area contributed by atoms with E-state index in [0.29, 0.717) is 7.41 Å². The molecule has 0 rings (SSSR count). The molecule has 0 saturated carbocycles. The molecule has 5 heteroatoms. The maximum atomic E-state index is 6.41. The molecule has 0 unspecified atom stereocenters. The second kappa shape index (κ2) is 3.58. The molecule has 0 saturated heterocycles. The van der Waals surface area contributed by atoms with E-state index in [0.717, 1.165) is 0 Å². The highest BCUT2D eigenvalue weighted by Crippen LogP contribution is 2.13. The Bertz CT molecular complexity index is 104. The Labute approximate surface area is 68.5 Å².